The van der Waals surface area contributed by atoms with E-state index in [-0.39, 0.29) is 5.91 Å². The van der Waals surface area contributed by atoms with E-state index >= 15 is 0 Å². The number of benzene rings is 2. The molecule has 1 amide bonds. The first kappa shape index (κ1) is 15.6. The van der Waals surface area contributed by atoms with E-state index in [0.717, 1.165) is 26.9 Å². The summed E-state index contributed by atoms with van der Waals surface area (Å²) < 4.78 is 0.992. The number of carbonyl (C=O) groups is 1. The van der Waals surface area contributed by atoms with Crippen LogP contribution in [0.4, 0.5) is 5.69 Å². The van der Waals surface area contributed by atoms with E-state index in [1.54, 1.807) is 0 Å². The lowest BCUT2D eigenvalue weighted by molar-refractivity contribution is -0.118. The monoisotopic (exact) mass is 346 g/mol. The molecule has 0 spiro atoms. The summed E-state index contributed by atoms with van der Waals surface area (Å²) in [4.78, 5) is 11.9. The molecule has 2 rings (SSSR count). The second-order valence-electron chi connectivity index (χ2n) is 5.30. The van der Waals surface area contributed by atoms with Gasteiger partial charge in [-0.3, -0.25) is 4.79 Å². The van der Waals surface area contributed by atoms with Crippen molar-refractivity contribution in [1.82, 2.24) is 0 Å². The van der Waals surface area contributed by atoms with Crippen LogP contribution in [0, 0.1) is 20.8 Å². The number of rotatable bonds is 4. The molecule has 21 heavy (non-hydrogen) atoms. The fraction of sp³-hybridized carbons (Fsp3) is 0.235. The molecule has 1 atom stereocenters. The average molecular weight is 347 g/mol. The summed E-state index contributed by atoms with van der Waals surface area (Å²) in [6.45, 7) is 6.06. The molecule has 0 aromatic heterocycles. The van der Waals surface area contributed by atoms with E-state index in [1.165, 1.54) is 5.56 Å². The van der Waals surface area contributed by atoms with Gasteiger partial charge < -0.3 is 11.1 Å². The first-order valence-corrected chi connectivity index (χ1v) is 7.57. The van der Waals surface area contributed by atoms with E-state index in [9.17, 15) is 4.79 Å². The fourth-order valence-corrected chi connectivity index (χ4v) is 2.91. The van der Waals surface area contributed by atoms with Crippen molar-refractivity contribution >= 4 is 27.5 Å². The highest BCUT2D eigenvalue weighted by molar-refractivity contribution is 9.10. The Balaban J connectivity index is 2.40. The number of nitrogens with one attached hydrogen (secondary N) is 1. The lowest BCUT2D eigenvalue weighted by Crippen LogP contribution is -2.29. The first-order chi connectivity index (χ1) is 9.88. The van der Waals surface area contributed by atoms with Gasteiger partial charge in [-0.15, -0.1) is 0 Å². The zero-order valence-electron chi connectivity index (χ0n) is 12.4. The fourth-order valence-electron chi connectivity index (χ4n) is 2.64. The molecule has 0 aliphatic heterocycles. The van der Waals surface area contributed by atoms with Crippen LogP contribution in [0.3, 0.4) is 0 Å². The van der Waals surface area contributed by atoms with Crippen molar-refractivity contribution in [3.8, 4) is 0 Å². The maximum absolute atomic E-state index is 11.9. The normalized spacial score (nSPS) is 12.0. The number of hydrogen-bond acceptors (Lipinski definition) is 2. The molecule has 0 fully saturated rings. The number of amides is 1. The Morgan fingerprint density at radius 2 is 1.62 bits per heavy atom. The summed E-state index contributed by atoms with van der Waals surface area (Å²) >= 11 is 3.40. The van der Waals surface area contributed by atoms with Crippen LogP contribution in [0.15, 0.2) is 40.9 Å². The molecule has 0 aliphatic carbocycles. The van der Waals surface area contributed by atoms with Crippen molar-refractivity contribution in [2.45, 2.75) is 26.8 Å². The minimum Gasteiger partial charge on any atom is -0.370 e. The summed E-state index contributed by atoms with van der Waals surface area (Å²) in [5.41, 5.74) is 10.8. The number of halogens is 1. The van der Waals surface area contributed by atoms with Gasteiger partial charge in [0.15, 0.2) is 0 Å². The SMILES string of the molecule is Cc1cc(C)c(C(Nc2ccc(Br)cc2)C(N)=O)c(C)c1. The number of nitrogens with two attached hydrogens (primary N) is 1. The minimum atomic E-state index is -0.535. The summed E-state index contributed by atoms with van der Waals surface area (Å²) in [5, 5.41) is 3.23. The van der Waals surface area contributed by atoms with Gasteiger partial charge in [0.05, 0.1) is 0 Å². The third-order valence-electron chi connectivity index (χ3n) is 3.47. The van der Waals surface area contributed by atoms with Crippen molar-refractivity contribution in [3.63, 3.8) is 0 Å². The predicted octanol–water partition coefficient (Wildman–Crippen LogP) is 4.01. The van der Waals surface area contributed by atoms with Crippen LogP contribution < -0.4 is 11.1 Å². The highest BCUT2D eigenvalue weighted by Gasteiger charge is 2.21. The Bertz CT molecular complexity index is 642. The quantitative estimate of drug-likeness (QED) is 0.878. The molecule has 0 radical (unpaired) electrons. The van der Waals surface area contributed by atoms with Crippen LogP contribution in [0.2, 0.25) is 0 Å². The molecule has 0 aliphatic rings. The summed E-state index contributed by atoms with van der Waals surface area (Å²) in [7, 11) is 0. The Kier molecular flexibility index (Phi) is 4.68. The summed E-state index contributed by atoms with van der Waals surface area (Å²) in [6.07, 6.45) is 0. The maximum atomic E-state index is 11.9. The minimum absolute atomic E-state index is 0.382. The van der Waals surface area contributed by atoms with Crippen molar-refractivity contribution in [3.05, 3.63) is 63.1 Å². The summed E-state index contributed by atoms with van der Waals surface area (Å²) in [6, 6.07) is 11.3. The van der Waals surface area contributed by atoms with E-state index in [0.29, 0.717) is 0 Å². The van der Waals surface area contributed by atoms with Gasteiger partial charge >= 0.3 is 0 Å². The topological polar surface area (TPSA) is 55.1 Å². The molecule has 3 nitrogen and oxygen atoms in total. The van der Waals surface area contributed by atoms with Gasteiger partial charge in [-0.25, -0.2) is 0 Å². The molecule has 110 valence electrons. The third kappa shape index (κ3) is 3.64. The lowest BCUT2D eigenvalue weighted by atomic mass is 9.93. The van der Waals surface area contributed by atoms with E-state index in [2.05, 4.69) is 33.4 Å². The van der Waals surface area contributed by atoms with E-state index in [1.807, 2.05) is 45.0 Å². The van der Waals surface area contributed by atoms with Gasteiger partial charge in [0.2, 0.25) is 5.91 Å². The van der Waals surface area contributed by atoms with Crippen LogP contribution in [-0.4, -0.2) is 5.91 Å². The molecular formula is C17H19BrN2O. The van der Waals surface area contributed by atoms with Crippen LogP contribution >= 0.6 is 15.9 Å². The zero-order valence-corrected chi connectivity index (χ0v) is 14.0. The number of primary amides is 1. The molecular weight excluding hydrogens is 328 g/mol. The molecule has 2 aromatic carbocycles. The van der Waals surface area contributed by atoms with E-state index in [4.69, 9.17) is 5.73 Å². The largest absolute Gasteiger partial charge is 0.370 e. The van der Waals surface area contributed by atoms with Gasteiger partial charge in [-0.1, -0.05) is 33.6 Å². The molecule has 2 aromatic rings. The van der Waals surface area contributed by atoms with Crippen LogP contribution in [0.1, 0.15) is 28.3 Å². The zero-order chi connectivity index (χ0) is 15.6. The predicted molar refractivity (Wildman–Crippen MR) is 90.4 cm³/mol. The second-order valence-corrected chi connectivity index (χ2v) is 6.21. The van der Waals surface area contributed by atoms with E-state index < -0.39 is 6.04 Å². The molecule has 0 heterocycles. The van der Waals surface area contributed by atoms with Gasteiger partial charge in [0.1, 0.15) is 6.04 Å². The maximum Gasteiger partial charge on any atom is 0.244 e. The smallest absolute Gasteiger partial charge is 0.244 e. The molecule has 1 unspecified atom stereocenters. The highest BCUT2D eigenvalue weighted by atomic mass is 79.9. The summed E-state index contributed by atoms with van der Waals surface area (Å²) in [5.74, 6) is -0.382. The lowest BCUT2D eigenvalue weighted by Gasteiger charge is -2.22. The van der Waals surface area contributed by atoms with Crippen LogP contribution in [0.5, 0.6) is 0 Å². The van der Waals surface area contributed by atoms with Crippen molar-refractivity contribution < 1.29 is 4.79 Å². The van der Waals surface area contributed by atoms with Crippen LogP contribution in [0.25, 0.3) is 0 Å². The average Bonchev–Trinajstić information content (AvgIpc) is 2.38. The van der Waals surface area contributed by atoms with Gasteiger partial charge in [-0.05, 0) is 61.7 Å². The number of anilines is 1. The van der Waals surface area contributed by atoms with Crippen LogP contribution in [-0.2, 0) is 4.79 Å². The highest BCUT2D eigenvalue weighted by Crippen LogP contribution is 2.27. The van der Waals surface area contributed by atoms with Gasteiger partial charge in [-0.2, -0.15) is 0 Å². The standard InChI is InChI=1S/C17H19BrN2O/c1-10-8-11(2)15(12(3)9-10)16(17(19)21)20-14-6-4-13(18)5-7-14/h4-9,16,20H,1-3H3,(H2,19,21). The Labute approximate surface area is 133 Å². The second kappa shape index (κ2) is 6.31. The molecule has 4 heteroatoms. The first-order valence-electron chi connectivity index (χ1n) is 6.77. The van der Waals surface area contributed by atoms with Crippen molar-refractivity contribution in [2.24, 2.45) is 5.73 Å². The molecule has 0 saturated heterocycles. The Morgan fingerprint density at radius 1 is 1.10 bits per heavy atom. The molecule has 0 bridgehead atoms. The van der Waals surface area contributed by atoms with Crippen molar-refractivity contribution in [2.75, 3.05) is 5.32 Å². The molecule has 3 N–H and O–H groups in total. The third-order valence-corrected chi connectivity index (χ3v) is 4.00. The number of hydrogen-bond donors (Lipinski definition) is 2. The molecule has 0 saturated carbocycles. The number of carbonyl (C=O) groups excluding carboxylic acids is 1. The Hall–Kier alpha value is -1.81. The van der Waals surface area contributed by atoms with Gasteiger partial charge in [0, 0.05) is 10.2 Å². The number of aryl methyl sites for hydroxylation is 3. The van der Waals surface area contributed by atoms with Crippen molar-refractivity contribution in [1.29, 1.82) is 0 Å². The Morgan fingerprint density at radius 3 is 2.10 bits per heavy atom. The van der Waals surface area contributed by atoms with Gasteiger partial charge in [0.25, 0.3) is 0 Å².